The van der Waals surface area contributed by atoms with Gasteiger partial charge in [0.2, 0.25) is 0 Å². The van der Waals surface area contributed by atoms with Crippen LogP contribution in [0.15, 0.2) is 65.5 Å². The molecule has 0 amide bonds. The highest BCUT2D eigenvalue weighted by Gasteiger charge is 2.23. The Morgan fingerprint density at radius 2 is 1.74 bits per heavy atom. The first kappa shape index (κ1) is 17.8. The number of carboxylic acids is 1. The zero-order valence-corrected chi connectivity index (χ0v) is 16.0. The van der Waals surface area contributed by atoms with E-state index in [1.807, 2.05) is 18.2 Å². The standard InChI is InChI=1S/C20H11Cl2NO3S/c21-11-6-7-13(15(22)10-11)17-14-8-9-16(24)23(12-4-2-1-3-5-12)19(14)27-18(17)20(25)26/h1-10H,(H,25,26). The van der Waals surface area contributed by atoms with Gasteiger partial charge in [-0.3, -0.25) is 9.36 Å². The van der Waals surface area contributed by atoms with Gasteiger partial charge < -0.3 is 5.11 Å². The summed E-state index contributed by atoms with van der Waals surface area (Å²) in [6, 6.07) is 17.1. The molecular formula is C20H11Cl2NO3S. The Labute approximate surface area is 167 Å². The molecule has 2 aromatic heterocycles. The van der Waals surface area contributed by atoms with Crippen molar-refractivity contribution in [1.29, 1.82) is 0 Å². The Balaban J connectivity index is 2.13. The number of aromatic carboxylic acids is 1. The molecule has 7 heteroatoms. The smallest absolute Gasteiger partial charge is 0.346 e. The van der Waals surface area contributed by atoms with Crippen molar-refractivity contribution in [2.75, 3.05) is 0 Å². The van der Waals surface area contributed by atoms with Crippen LogP contribution in [0.5, 0.6) is 0 Å². The molecular weight excluding hydrogens is 405 g/mol. The fourth-order valence-electron chi connectivity index (χ4n) is 3.01. The number of benzene rings is 2. The predicted molar refractivity (Wildman–Crippen MR) is 110 cm³/mol. The number of rotatable bonds is 3. The fraction of sp³-hybridized carbons (Fsp3) is 0. The van der Waals surface area contributed by atoms with Gasteiger partial charge in [-0.05, 0) is 30.3 Å². The Morgan fingerprint density at radius 3 is 2.41 bits per heavy atom. The molecule has 4 nitrogen and oxygen atoms in total. The third-order valence-electron chi connectivity index (χ3n) is 4.15. The van der Waals surface area contributed by atoms with Crippen molar-refractivity contribution < 1.29 is 9.90 Å². The third-order valence-corrected chi connectivity index (χ3v) is 5.88. The first-order chi connectivity index (χ1) is 13.0. The number of fused-ring (bicyclic) bond motifs is 1. The molecule has 2 heterocycles. The molecule has 0 saturated heterocycles. The number of aromatic nitrogens is 1. The lowest BCUT2D eigenvalue weighted by atomic mass is 10.0. The molecule has 4 rings (SSSR count). The Bertz CT molecular complexity index is 1250. The van der Waals surface area contributed by atoms with Crippen LogP contribution in [-0.4, -0.2) is 15.6 Å². The molecule has 0 aliphatic rings. The number of carboxylic acid groups (broad SMARTS) is 1. The van der Waals surface area contributed by atoms with Crippen LogP contribution in [0.4, 0.5) is 0 Å². The van der Waals surface area contributed by atoms with E-state index in [4.69, 9.17) is 23.2 Å². The van der Waals surface area contributed by atoms with Gasteiger partial charge in [-0.15, -0.1) is 11.3 Å². The number of hydrogen-bond donors (Lipinski definition) is 1. The summed E-state index contributed by atoms with van der Waals surface area (Å²) < 4.78 is 1.51. The van der Waals surface area contributed by atoms with Gasteiger partial charge in [-0.1, -0.05) is 47.5 Å². The molecule has 134 valence electrons. The van der Waals surface area contributed by atoms with E-state index in [9.17, 15) is 14.7 Å². The van der Waals surface area contributed by atoms with Crippen molar-refractivity contribution in [3.8, 4) is 16.8 Å². The summed E-state index contributed by atoms with van der Waals surface area (Å²) in [5, 5.41) is 11.2. The largest absolute Gasteiger partial charge is 0.477 e. The molecule has 0 bridgehead atoms. The minimum atomic E-state index is -1.08. The average Bonchev–Trinajstić information content (AvgIpc) is 3.02. The number of nitrogens with zero attached hydrogens (tertiary/aromatic N) is 1. The van der Waals surface area contributed by atoms with E-state index in [1.54, 1.807) is 36.4 Å². The van der Waals surface area contributed by atoms with E-state index in [-0.39, 0.29) is 10.4 Å². The SMILES string of the molecule is O=C(O)c1sc2c(ccc(=O)n2-c2ccccc2)c1-c1ccc(Cl)cc1Cl. The summed E-state index contributed by atoms with van der Waals surface area (Å²) in [6.45, 7) is 0. The van der Waals surface area contributed by atoms with Gasteiger partial charge in [0.25, 0.3) is 5.56 Å². The van der Waals surface area contributed by atoms with Gasteiger partial charge >= 0.3 is 5.97 Å². The minimum Gasteiger partial charge on any atom is -0.477 e. The van der Waals surface area contributed by atoms with Crippen molar-refractivity contribution >= 4 is 50.7 Å². The molecule has 0 aliphatic heterocycles. The Morgan fingerprint density at radius 1 is 1.00 bits per heavy atom. The maximum Gasteiger partial charge on any atom is 0.346 e. The maximum absolute atomic E-state index is 12.6. The minimum absolute atomic E-state index is 0.115. The second kappa shape index (κ2) is 6.85. The Kier molecular flexibility index (Phi) is 4.52. The van der Waals surface area contributed by atoms with E-state index < -0.39 is 5.97 Å². The van der Waals surface area contributed by atoms with E-state index in [2.05, 4.69) is 0 Å². The lowest BCUT2D eigenvalue weighted by Crippen LogP contribution is -2.16. The van der Waals surface area contributed by atoms with Gasteiger partial charge in [-0.25, -0.2) is 4.79 Å². The van der Waals surface area contributed by atoms with E-state index in [0.717, 1.165) is 11.3 Å². The quantitative estimate of drug-likeness (QED) is 0.465. The van der Waals surface area contributed by atoms with E-state index in [0.29, 0.717) is 37.1 Å². The van der Waals surface area contributed by atoms with Crippen LogP contribution < -0.4 is 5.56 Å². The number of halogens is 2. The monoisotopic (exact) mass is 415 g/mol. The molecule has 1 N–H and O–H groups in total. The van der Waals surface area contributed by atoms with Crippen LogP contribution in [0, 0.1) is 0 Å². The molecule has 0 radical (unpaired) electrons. The van der Waals surface area contributed by atoms with Crippen molar-refractivity contribution in [3.63, 3.8) is 0 Å². The average molecular weight is 416 g/mol. The molecule has 0 aliphatic carbocycles. The van der Waals surface area contributed by atoms with E-state index >= 15 is 0 Å². The number of carbonyl (C=O) groups is 1. The van der Waals surface area contributed by atoms with Gasteiger partial charge in [0.1, 0.15) is 9.71 Å². The van der Waals surface area contributed by atoms with Gasteiger partial charge in [-0.2, -0.15) is 0 Å². The highest BCUT2D eigenvalue weighted by atomic mass is 35.5. The summed E-state index contributed by atoms with van der Waals surface area (Å²) in [6.07, 6.45) is 0. The van der Waals surface area contributed by atoms with Crippen LogP contribution in [0.1, 0.15) is 9.67 Å². The highest BCUT2D eigenvalue weighted by Crippen LogP contribution is 2.42. The normalized spacial score (nSPS) is 11.0. The highest BCUT2D eigenvalue weighted by molar-refractivity contribution is 7.21. The predicted octanol–water partition coefficient (Wildman–Crippen LogP) is 5.72. The van der Waals surface area contributed by atoms with Crippen LogP contribution in [-0.2, 0) is 0 Å². The zero-order chi connectivity index (χ0) is 19.1. The maximum atomic E-state index is 12.6. The lowest BCUT2D eigenvalue weighted by Gasteiger charge is -2.08. The fourth-order valence-corrected chi connectivity index (χ4v) is 4.69. The number of hydrogen-bond acceptors (Lipinski definition) is 3. The summed E-state index contributed by atoms with van der Waals surface area (Å²) in [7, 11) is 0. The molecule has 0 fully saturated rings. The summed E-state index contributed by atoms with van der Waals surface area (Å²) in [5.74, 6) is -1.08. The summed E-state index contributed by atoms with van der Waals surface area (Å²) in [5.41, 5.74) is 1.47. The number of pyridine rings is 1. The van der Waals surface area contributed by atoms with E-state index in [1.165, 1.54) is 10.6 Å². The molecule has 27 heavy (non-hydrogen) atoms. The van der Waals surface area contributed by atoms with Gasteiger partial charge in [0, 0.05) is 32.6 Å². The number of para-hydroxylation sites is 1. The van der Waals surface area contributed by atoms with Crippen molar-refractivity contribution in [2.24, 2.45) is 0 Å². The van der Waals surface area contributed by atoms with Crippen LogP contribution >= 0.6 is 34.5 Å². The third kappa shape index (κ3) is 3.04. The zero-order valence-electron chi connectivity index (χ0n) is 13.6. The molecule has 0 unspecified atom stereocenters. The topological polar surface area (TPSA) is 59.3 Å². The molecule has 0 saturated carbocycles. The van der Waals surface area contributed by atoms with Crippen molar-refractivity contribution in [1.82, 2.24) is 4.57 Å². The first-order valence-electron chi connectivity index (χ1n) is 7.90. The molecule has 0 atom stereocenters. The lowest BCUT2D eigenvalue weighted by molar-refractivity contribution is 0.0703. The van der Waals surface area contributed by atoms with Gasteiger partial charge in [0.05, 0.1) is 5.69 Å². The van der Waals surface area contributed by atoms with Gasteiger partial charge in [0.15, 0.2) is 0 Å². The van der Waals surface area contributed by atoms with Crippen molar-refractivity contribution in [2.45, 2.75) is 0 Å². The molecule has 2 aromatic carbocycles. The second-order valence-corrected chi connectivity index (χ2v) is 7.64. The summed E-state index contributed by atoms with van der Waals surface area (Å²) >= 11 is 13.4. The van der Waals surface area contributed by atoms with Crippen LogP contribution in [0.3, 0.4) is 0 Å². The second-order valence-electron chi connectivity index (χ2n) is 5.80. The number of thiophene rings is 1. The van der Waals surface area contributed by atoms with Crippen molar-refractivity contribution in [3.05, 3.63) is 85.9 Å². The van der Waals surface area contributed by atoms with Crippen LogP contribution in [0.25, 0.3) is 27.0 Å². The molecule has 4 aromatic rings. The Hall–Kier alpha value is -2.60. The first-order valence-corrected chi connectivity index (χ1v) is 9.47. The molecule has 0 spiro atoms. The summed E-state index contributed by atoms with van der Waals surface area (Å²) in [4.78, 5) is 25.1. The van der Waals surface area contributed by atoms with Crippen LogP contribution in [0.2, 0.25) is 10.0 Å².